The van der Waals surface area contributed by atoms with Gasteiger partial charge in [-0.05, 0) is 29.8 Å². The molecule has 0 bridgehead atoms. The van der Waals surface area contributed by atoms with Crippen molar-refractivity contribution in [1.29, 1.82) is 0 Å². The average molecular weight is 298 g/mol. The van der Waals surface area contributed by atoms with Gasteiger partial charge in [-0.1, -0.05) is 42.2 Å². The molecule has 2 rings (SSSR count). The van der Waals surface area contributed by atoms with Gasteiger partial charge in [0, 0.05) is 17.1 Å². The molecule has 2 nitrogen and oxygen atoms in total. The first-order chi connectivity index (χ1) is 10.4. The predicted molar refractivity (Wildman–Crippen MR) is 88.5 cm³/mol. The van der Waals surface area contributed by atoms with Gasteiger partial charge in [-0.3, -0.25) is 0 Å². The highest BCUT2D eigenvalue weighted by Crippen LogP contribution is 2.14. The van der Waals surface area contributed by atoms with E-state index < -0.39 is 0 Å². The van der Waals surface area contributed by atoms with Crippen LogP contribution in [0.2, 0.25) is 0 Å². The summed E-state index contributed by atoms with van der Waals surface area (Å²) in [6.07, 6.45) is 0. The van der Waals surface area contributed by atoms with Crippen LogP contribution in [-0.4, -0.2) is 24.1 Å². The summed E-state index contributed by atoms with van der Waals surface area (Å²) >= 11 is 1.86. The lowest BCUT2D eigenvalue weighted by atomic mass is 10.2. The van der Waals surface area contributed by atoms with E-state index in [0.717, 1.165) is 22.8 Å². The fourth-order valence-corrected chi connectivity index (χ4v) is 2.53. The Morgan fingerprint density at radius 3 is 2.48 bits per heavy atom. The Balaban J connectivity index is 1.66. The highest BCUT2D eigenvalue weighted by molar-refractivity contribution is 7.98. The van der Waals surface area contributed by atoms with Crippen LogP contribution in [0.3, 0.4) is 0 Å². The van der Waals surface area contributed by atoms with E-state index in [1.54, 1.807) is 0 Å². The molecular weight excluding hydrogens is 280 g/mol. The summed E-state index contributed by atoms with van der Waals surface area (Å²) in [6.45, 7) is 0.579. The van der Waals surface area contributed by atoms with Crippen LogP contribution in [0.5, 0.6) is 5.75 Å². The molecule has 0 aliphatic carbocycles. The van der Waals surface area contributed by atoms with Crippen LogP contribution in [0.15, 0.2) is 54.6 Å². The Hall–Kier alpha value is -1.89. The third kappa shape index (κ3) is 5.95. The van der Waals surface area contributed by atoms with Crippen LogP contribution in [0.1, 0.15) is 11.1 Å². The standard InChI is InChI=1S/C18H18O2S/c19-12-4-7-16-8-10-18(11-9-16)20-13-14-21-15-17-5-2-1-3-6-17/h1-3,5-6,8-11,19H,12-15H2. The average Bonchev–Trinajstić information content (AvgIpc) is 2.55. The lowest BCUT2D eigenvalue weighted by molar-refractivity contribution is 0.344. The number of aliphatic hydroxyl groups is 1. The number of thioether (sulfide) groups is 1. The van der Waals surface area contributed by atoms with E-state index in [9.17, 15) is 0 Å². The molecule has 0 fully saturated rings. The SMILES string of the molecule is OCC#Cc1ccc(OCCSCc2ccccc2)cc1. The van der Waals surface area contributed by atoms with Crippen LogP contribution >= 0.6 is 11.8 Å². The molecule has 0 amide bonds. The minimum absolute atomic E-state index is 0.114. The van der Waals surface area contributed by atoms with Gasteiger partial charge in [-0.25, -0.2) is 0 Å². The van der Waals surface area contributed by atoms with Crippen molar-refractivity contribution in [3.63, 3.8) is 0 Å². The monoisotopic (exact) mass is 298 g/mol. The van der Waals surface area contributed by atoms with Crippen molar-refractivity contribution < 1.29 is 9.84 Å². The summed E-state index contributed by atoms with van der Waals surface area (Å²) in [5, 5.41) is 8.63. The third-order valence-electron chi connectivity index (χ3n) is 2.77. The molecule has 0 radical (unpaired) electrons. The zero-order valence-corrected chi connectivity index (χ0v) is 12.6. The van der Waals surface area contributed by atoms with E-state index >= 15 is 0 Å². The first kappa shape index (κ1) is 15.5. The Morgan fingerprint density at radius 2 is 1.76 bits per heavy atom. The maximum Gasteiger partial charge on any atom is 0.119 e. The second kappa shape index (κ2) is 9.12. The number of hydrogen-bond acceptors (Lipinski definition) is 3. The Labute approximate surface area is 130 Å². The second-order valence-corrected chi connectivity index (χ2v) is 5.48. The van der Waals surface area contributed by atoms with E-state index in [2.05, 4.69) is 36.1 Å². The molecule has 0 atom stereocenters. The molecule has 0 aliphatic rings. The van der Waals surface area contributed by atoms with E-state index in [0.29, 0.717) is 6.61 Å². The molecule has 0 unspecified atom stereocenters. The maximum atomic E-state index is 8.63. The number of aliphatic hydroxyl groups excluding tert-OH is 1. The van der Waals surface area contributed by atoms with Crippen LogP contribution in [0, 0.1) is 11.8 Å². The van der Waals surface area contributed by atoms with Crippen LogP contribution in [0.25, 0.3) is 0 Å². The largest absolute Gasteiger partial charge is 0.493 e. The maximum absolute atomic E-state index is 8.63. The fourth-order valence-electron chi connectivity index (χ4n) is 1.76. The van der Waals surface area contributed by atoms with Gasteiger partial charge >= 0.3 is 0 Å². The Bertz CT molecular complexity index is 582. The highest BCUT2D eigenvalue weighted by atomic mass is 32.2. The molecule has 0 spiro atoms. The minimum Gasteiger partial charge on any atom is -0.493 e. The normalized spacial score (nSPS) is 9.76. The molecular formula is C18H18O2S. The lowest BCUT2D eigenvalue weighted by Gasteiger charge is -2.06. The minimum atomic E-state index is -0.114. The van der Waals surface area contributed by atoms with Crippen LogP contribution in [-0.2, 0) is 5.75 Å². The number of rotatable bonds is 6. The van der Waals surface area contributed by atoms with Gasteiger partial charge in [-0.2, -0.15) is 11.8 Å². The molecule has 0 heterocycles. The molecule has 2 aromatic carbocycles. The predicted octanol–water partition coefficient (Wildman–Crippen LogP) is 3.34. The van der Waals surface area contributed by atoms with E-state index in [-0.39, 0.29) is 6.61 Å². The summed E-state index contributed by atoms with van der Waals surface area (Å²) in [5.74, 6) is 8.30. The summed E-state index contributed by atoms with van der Waals surface area (Å²) < 4.78 is 5.69. The van der Waals surface area contributed by atoms with Gasteiger partial charge in [0.1, 0.15) is 12.4 Å². The van der Waals surface area contributed by atoms with E-state index in [4.69, 9.17) is 9.84 Å². The summed E-state index contributed by atoms with van der Waals surface area (Å²) in [7, 11) is 0. The van der Waals surface area contributed by atoms with E-state index in [1.807, 2.05) is 42.1 Å². The number of benzene rings is 2. The molecule has 21 heavy (non-hydrogen) atoms. The number of ether oxygens (including phenoxy) is 1. The Morgan fingerprint density at radius 1 is 1.00 bits per heavy atom. The summed E-state index contributed by atoms with van der Waals surface area (Å²) in [5.41, 5.74) is 2.23. The van der Waals surface area contributed by atoms with Gasteiger partial charge in [0.2, 0.25) is 0 Å². The topological polar surface area (TPSA) is 29.5 Å². The molecule has 1 N–H and O–H groups in total. The molecule has 3 heteroatoms. The third-order valence-corrected chi connectivity index (χ3v) is 3.77. The zero-order valence-electron chi connectivity index (χ0n) is 11.8. The molecule has 0 saturated heterocycles. The molecule has 2 aromatic rings. The highest BCUT2D eigenvalue weighted by Gasteiger charge is 1.96. The van der Waals surface area contributed by atoms with Crippen molar-refractivity contribution in [2.75, 3.05) is 19.0 Å². The van der Waals surface area contributed by atoms with Gasteiger partial charge < -0.3 is 9.84 Å². The quantitative estimate of drug-likeness (QED) is 0.655. The number of hydrogen-bond donors (Lipinski definition) is 1. The Kier molecular flexibility index (Phi) is 6.73. The van der Waals surface area contributed by atoms with Crippen molar-refractivity contribution in [3.8, 4) is 17.6 Å². The molecule has 0 aliphatic heterocycles. The summed E-state index contributed by atoms with van der Waals surface area (Å²) in [4.78, 5) is 0. The van der Waals surface area contributed by atoms with Crippen LogP contribution < -0.4 is 4.74 Å². The van der Waals surface area contributed by atoms with Gasteiger partial charge in [0.05, 0.1) is 6.61 Å². The first-order valence-electron chi connectivity index (χ1n) is 6.83. The van der Waals surface area contributed by atoms with Crippen LogP contribution in [0.4, 0.5) is 0 Å². The van der Waals surface area contributed by atoms with E-state index in [1.165, 1.54) is 5.56 Å². The smallest absolute Gasteiger partial charge is 0.119 e. The lowest BCUT2D eigenvalue weighted by Crippen LogP contribution is -2.00. The molecule has 0 aromatic heterocycles. The van der Waals surface area contributed by atoms with Gasteiger partial charge in [0.25, 0.3) is 0 Å². The fraction of sp³-hybridized carbons (Fsp3) is 0.222. The van der Waals surface area contributed by atoms with Crippen molar-refractivity contribution in [2.45, 2.75) is 5.75 Å². The van der Waals surface area contributed by atoms with Crippen molar-refractivity contribution in [2.24, 2.45) is 0 Å². The van der Waals surface area contributed by atoms with Gasteiger partial charge in [0.15, 0.2) is 0 Å². The van der Waals surface area contributed by atoms with Crippen molar-refractivity contribution >= 4 is 11.8 Å². The summed E-state index contributed by atoms with van der Waals surface area (Å²) in [6, 6.07) is 18.0. The van der Waals surface area contributed by atoms with Crippen molar-refractivity contribution in [3.05, 3.63) is 65.7 Å². The molecule has 108 valence electrons. The van der Waals surface area contributed by atoms with Gasteiger partial charge in [-0.15, -0.1) is 0 Å². The molecule has 0 saturated carbocycles. The second-order valence-electron chi connectivity index (χ2n) is 4.37. The zero-order chi connectivity index (χ0) is 14.8. The first-order valence-corrected chi connectivity index (χ1v) is 7.98. The van der Waals surface area contributed by atoms with Crippen molar-refractivity contribution in [1.82, 2.24) is 0 Å².